The molecule has 1 aliphatic heterocycles. The van der Waals surface area contributed by atoms with Gasteiger partial charge in [0.15, 0.2) is 0 Å². The zero-order valence-electron chi connectivity index (χ0n) is 16.9. The van der Waals surface area contributed by atoms with Crippen LogP contribution in [0, 0.1) is 0 Å². The average Bonchev–Trinajstić information content (AvgIpc) is 2.68. The number of carbonyl (C=O) groups excluding carboxylic acids is 1. The van der Waals surface area contributed by atoms with Gasteiger partial charge in [-0.2, -0.15) is 0 Å². The number of hydrogen-bond donors (Lipinski definition) is 1. The molecule has 1 fully saturated rings. The van der Waals surface area contributed by atoms with E-state index in [0.717, 1.165) is 37.3 Å². The van der Waals surface area contributed by atoms with Gasteiger partial charge in [-0.3, -0.25) is 9.78 Å². The number of nitrogens with one attached hydrogen (secondary N) is 1. The molecule has 1 aliphatic rings. The molecule has 0 saturated carbocycles. The number of piperazine rings is 1. The number of allylic oxidation sites excluding steroid dienone is 3. The molecule has 1 saturated heterocycles. The van der Waals surface area contributed by atoms with E-state index in [1.54, 1.807) is 12.3 Å². The van der Waals surface area contributed by atoms with Crippen molar-refractivity contribution in [3.05, 3.63) is 60.6 Å². The summed E-state index contributed by atoms with van der Waals surface area (Å²) >= 11 is 0. The van der Waals surface area contributed by atoms with Gasteiger partial charge in [-0.15, -0.1) is 0 Å². The minimum atomic E-state index is 0.0389. The fraction of sp³-hybridized carbons (Fsp3) is 0.455. The van der Waals surface area contributed by atoms with Crippen LogP contribution < -0.4 is 5.32 Å². The van der Waals surface area contributed by atoms with Gasteiger partial charge < -0.3 is 15.1 Å². The molecule has 1 aromatic heterocycles. The molecule has 5 heteroatoms. The average molecular weight is 369 g/mol. The minimum Gasteiger partial charge on any atom is -0.381 e. The molecule has 0 spiro atoms. The largest absolute Gasteiger partial charge is 0.381 e. The van der Waals surface area contributed by atoms with E-state index in [1.165, 1.54) is 5.70 Å². The van der Waals surface area contributed by atoms with E-state index in [2.05, 4.69) is 49.1 Å². The number of hydrogen-bond acceptors (Lipinski definition) is 4. The highest BCUT2D eigenvalue weighted by Gasteiger charge is 2.22. The number of rotatable bonds is 8. The second kappa shape index (κ2) is 9.95. The Hall–Kier alpha value is -2.56. The van der Waals surface area contributed by atoms with E-state index < -0.39 is 0 Å². The normalized spacial score (nSPS) is 16.0. The molecular weight excluding hydrogens is 336 g/mol. The van der Waals surface area contributed by atoms with Crippen molar-refractivity contribution in [2.75, 3.05) is 26.2 Å². The summed E-state index contributed by atoms with van der Waals surface area (Å²) in [5.74, 6) is 0.0389. The molecule has 5 nitrogen and oxygen atoms in total. The van der Waals surface area contributed by atoms with Crippen molar-refractivity contribution in [1.29, 1.82) is 0 Å². The highest BCUT2D eigenvalue weighted by Crippen LogP contribution is 2.14. The summed E-state index contributed by atoms with van der Waals surface area (Å²) in [6.45, 7) is 17.3. The lowest BCUT2D eigenvalue weighted by atomic mass is 10.1. The molecular formula is C22H32N4O. The van der Waals surface area contributed by atoms with Gasteiger partial charge in [0.05, 0.1) is 17.0 Å². The fourth-order valence-electron chi connectivity index (χ4n) is 3.30. The van der Waals surface area contributed by atoms with Crippen molar-refractivity contribution in [1.82, 2.24) is 20.1 Å². The van der Waals surface area contributed by atoms with Crippen LogP contribution in [0.15, 0.2) is 49.3 Å². The Kier molecular flexibility index (Phi) is 7.65. The molecule has 27 heavy (non-hydrogen) atoms. The zero-order chi connectivity index (χ0) is 19.8. The maximum atomic E-state index is 12.7. The Bertz CT molecular complexity index is 685. The van der Waals surface area contributed by atoms with Gasteiger partial charge >= 0.3 is 0 Å². The zero-order valence-corrected chi connectivity index (χ0v) is 16.9. The molecule has 1 N–H and O–H groups in total. The van der Waals surface area contributed by atoms with Crippen LogP contribution in [0.1, 0.15) is 49.7 Å². The predicted molar refractivity (Wildman–Crippen MR) is 112 cm³/mol. The molecule has 2 rings (SSSR count). The van der Waals surface area contributed by atoms with E-state index in [0.29, 0.717) is 24.7 Å². The molecule has 0 aliphatic carbocycles. The van der Waals surface area contributed by atoms with Gasteiger partial charge in [0.25, 0.3) is 5.91 Å². The summed E-state index contributed by atoms with van der Waals surface area (Å²) in [6.07, 6.45) is 7.67. The number of amides is 1. The summed E-state index contributed by atoms with van der Waals surface area (Å²) in [7, 11) is 0. The first-order chi connectivity index (χ1) is 13.0. The van der Waals surface area contributed by atoms with E-state index in [-0.39, 0.29) is 5.91 Å². The van der Waals surface area contributed by atoms with Crippen LogP contribution in [0.3, 0.4) is 0 Å². The van der Waals surface area contributed by atoms with Crippen molar-refractivity contribution < 1.29 is 4.79 Å². The van der Waals surface area contributed by atoms with Gasteiger partial charge in [0.2, 0.25) is 0 Å². The Morgan fingerprint density at radius 2 is 1.96 bits per heavy atom. The highest BCUT2D eigenvalue weighted by molar-refractivity contribution is 5.94. The fourth-order valence-corrected chi connectivity index (χ4v) is 3.30. The smallest absolute Gasteiger partial charge is 0.255 e. The third kappa shape index (κ3) is 5.71. The van der Waals surface area contributed by atoms with Crippen LogP contribution in [0.2, 0.25) is 0 Å². The first-order valence-corrected chi connectivity index (χ1v) is 9.71. The second-order valence-electron chi connectivity index (χ2n) is 7.07. The number of pyridine rings is 1. The second-order valence-corrected chi connectivity index (χ2v) is 7.07. The highest BCUT2D eigenvalue weighted by atomic mass is 16.2. The first kappa shape index (κ1) is 20.7. The van der Waals surface area contributed by atoms with Crippen molar-refractivity contribution in [3.8, 4) is 0 Å². The predicted octanol–water partition coefficient (Wildman–Crippen LogP) is 3.68. The Balaban J connectivity index is 1.93. The van der Waals surface area contributed by atoms with Crippen LogP contribution >= 0.6 is 0 Å². The van der Waals surface area contributed by atoms with Crippen molar-refractivity contribution in [3.63, 3.8) is 0 Å². The van der Waals surface area contributed by atoms with Crippen molar-refractivity contribution in [2.45, 2.75) is 39.7 Å². The number of aromatic nitrogens is 1. The van der Waals surface area contributed by atoms with E-state index >= 15 is 0 Å². The number of nitrogens with zero attached hydrogens (tertiary/aromatic N) is 3. The van der Waals surface area contributed by atoms with Crippen LogP contribution in [0.4, 0.5) is 0 Å². The Morgan fingerprint density at radius 1 is 1.30 bits per heavy atom. The lowest BCUT2D eigenvalue weighted by Crippen LogP contribution is -2.47. The molecule has 146 valence electrons. The summed E-state index contributed by atoms with van der Waals surface area (Å²) < 4.78 is 0. The maximum Gasteiger partial charge on any atom is 0.255 e. The number of carbonyl (C=O) groups is 1. The molecule has 0 aromatic carbocycles. The van der Waals surface area contributed by atoms with Gasteiger partial charge in [-0.05, 0) is 38.5 Å². The molecule has 0 bridgehead atoms. The van der Waals surface area contributed by atoms with Crippen LogP contribution in [-0.2, 0) is 0 Å². The summed E-state index contributed by atoms with van der Waals surface area (Å²) in [5, 5.41) is 3.36. The molecule has 1 amide bonds. The molecule has 1 atom stereocenters. The molecule has 1 aromatic rings. The van der Waals surface area contributed by atoms with Crippen LogP contribution in [0.5, 0.6) is 0 Å². The third-order valence-electron chi connectivity index (χ3n) is 4.89. The lowest BCUT2D eigenvalue weighted by molar-refractivity contribution is 0.0669. The van der Waals surface area contributed by atoms with Crippen LogP contribution in [-0.4, -0.2) is 52.9 Å². The summed E-state index contributed by atoms with van der Waals surface area (Å²) in [4.78, 5) is 21.4. The SMILES string of the molecule is C=C/C=C(\C)N1CCN(C(=O)c2ccc(C(=C)NC(C)CCC)nc2)CC1. The molecule has 0 radical (unpaired) electrons. The van der Waals surface area contributed by atoms with Gasteiger partial charge in [-0.1, -0.05) is 32.6 Å². The first-order valence-electron chi connectivity index (χ1n) is 9.71. The van der Waals surface area contributed by atoms with Crippen LogP contribution in [0.25, 0.3) is 5.70 Å². The van der Waals surface area contributed by atoms with Gasteiger partial charge in [0.1, 0.15) is 0 Å². The monoisotopic (exact) mass is 368 g/mol. The lowest BCUT2D eigenvalue weighted by Gasteiger charge is -2.36. The molecule has 1 unspecified atom stereocenters. The quantitative estimate of drug-likeness (QED) is 0.711. The van der Waals surface area contributed by atoms with Gasteiger partial charge in [0, 0.05) is 44.1 Å². The Morgan fingerprint density at radius 3 is 2.52 bits per heavy atom. The Labute approximate surface area is 163 Å². The van der Waals surface area contributed by atoms with E-state index in [9.17, 15) is 4.79 Å². The van der Waals surface area contributed by atoms with Crippen molar-refractivity contribution >= 4 is 11.6 Å². The topological polar surface area (TPSA) is 48.5 Å². The van der Waals surface area contributed by atoms with E-state index in [4.69, 9.17) is 0 Å². The van der Waals surface area contributed by atoms with Crippen molar-refractivity contribution in [2.24, 2.45) is 0 Å². The standard InChI is InChI=1S/C22H32N4O/c1-6-8-17(3)24-19(5)21-11-10-20(16-23-21)22(27)26-14-12-25(13-15-26)18(4)9-7-2/h7,9-11,16-17,24H,2,5-6,8,12-15H2,1,3-4H3/b18-9+. The van der Waals surface area contributed by atoms with Gasteiger partial charge in [-0.25, -0.2) is 0 Å². The minimum absolute atomic E-state index is 0.0389. The maximum absolute atomic E-state index is 12.7. The molecule has 2 heterocycles. The third-order valence-corrected chi connectivity index (χ3v) is 4.89. The summed E-state index contributed by atoms with van der Waals surface area (Å²) in [6, 6.07) is 4.08. The summed E-state index contributed by atoms with van der Waals surface area (Å²) in [5.41, 5.74) is 3.39. The van der Waals surface area contributed by atoms with E-state index in [1.807, 2.05) is 23.1 Å².